The normalized spacial score (nSPS) is 18.8. The molecule has 0 radical (unpaired) electrons. The lowest BCUT2D eigenvalue weighted by atomic mass is 10.2. The van der Waals surface area contributed by atoms with Crippen molar-refractivity contribution in [1.29, 1.82) is 0 Å². The Morgan fingerprint density at radius 3 is 2.81 bits per heavy atom. The van der Waals surface area contributed by atoms with E-state index in [4.69, 9.17) is 0 Å². The van der Waals surface area contributed by atoms with Crippen molar-refractivity contribution in [3.8, 4) is 0 Å². The Labute approximate surface area is 94.0 Å². The van der Waals surface area contributed by atoms with Crippen LogP contribution in [0.25, 0.3) is 17.0 Å². The average molecular weight is 211 g/mol. The molecule has 2 nitrogen and oxygen atoms in total. The number of ketones is 1. The summed E-state index contributed by atoms with van der Waals surface area (Å²) in [5.41, 5.74) is 3.12. The number of nitrogens with one attached hydrogen (secondary N) is 1. The smallest absolute Gasteiger partial charge is 0.158 e. The second-order valence-electron chi connectivity index (χ2n) is 4.26. The van der Waals surface area contributed by atoms with E-state index in [0.717, 1.165) is 29.6 Å². The van der Waals surface area contributed by atoms with Crippen LogP contribution < -0.4 is 0 Å². The Morgan fingerprint density at radius 1 is 1.19 bits per heavy atom. The Morgan fingerprint density at radius 2 is 2.06 bits per heavy atom. The molecule has 0 atom stereocenters. The zero-order valence-electron chi connectivity index (χ0n) is 8.99. The van der Waals surface area contributed by atoms with Crippen LogP contribution in [-0.4, -0.2) is 10.8 Å². The van der Waals surface area contributed by atoms with Crippen LogP contribution in [0.4, 0.5) is 0 Å². The third-order valence-electron chi connectivity index (χ3n) is 3.09. The first-order valence-electron chi connectivity index (χ1n) is 5.64. The Hall–Kier alpha value is -1.83. The van der Waals surface area contributed by atoms with Crippen LogP contribution in [0, 0.1) is 0 Å². The van der Waals surface area contributed by atoms with E-state index < -0.39 is 0 Å². The van der Waals surface area contributed by atoms with Gasteiger partial charge in [-0.25, -0.2) is 0 Å². The van der Waals surface area contributed by atoms with Crippen molar-refractivity contribution in [3.05, 3.63) is 41.6 Å². The molecule has 3 rings (SSSR count). The van der Waals surface area contributed by atoms with E-state index >= 15 is 0 Å². The van der Waals surface area contributed by atoms with E-state index in [1.807, 2.05) is 24.3 Å². The highest BCUT2D eigenvalue weighted by Gasteiger charge is 2.16. The van der Waals surface area contributed by atoms with Crippen molar-refractivity contribution in [2.24, 2.45) is 0 Å². The molecule has 1 fully saturated rings. The molecule has 1 aromatic heterocycles. The van der Waals surface area contributed by atoms with Gasteiger partial charge in [-0.1, -0.05) is 18.2 Å². The highest BCUT2D eigenvalue weighted by molar-refractivity contribution is 6.01. The molecule has 2 aromatic rings. The molecule has 1 saturated carbocycles. The number of allylic oxidation sites excluding steroid dienone is 1. The van der Waals surface area contributed by atoms with E-state index in [0.29, 0.717) is 12.2 Å². The number of Topliss-reactive ketones (excluding diaryl/α,β-unsaturated/α-hetero) is 1. The maximum atomic E-state index is 11.5. The Bertz CT molecular complexity index is 544. The molecule has 0 amide bonds. The highest BCUT2D eigenvalue weighted by Crippen LogP contribution is 2.24. The van der Waals surface area contributed by atoms with Crippen molar-refractivity contribution in [3.63, 3.8) is 0 Å². The number of aromatic nitrogens is 1. The number of para-hydroxylation sites is 1. The third kappa shape index (κ3) is 1.56. The largest absolute Gasteiger partial charge is 0.355 e. The summed E-state index contributed by atoms with van der Waals surface area (Å²) in [5, 5.41) is 1.19. The first kappa shape index (κ1) is 9.40. The number of aromatic amines is 1. The lowest BCUT2D eigenvalue weighted by Gasteiger charge is -1.92. The summed E-state index contributed by atoms with van der Waals surface area (Å²) in [6.45, 7) is 0. The predicted octanol–water partition coefficient (Wildman–Crippen LogP) is 3.30. The zero-order valence-corrected chi connectivity index (χ0v) is 8.99. The predicted molar refractivity (Wildman–Crippen MR) is 65.1 cm³/mol. The topological polar surface area (TPSA) is 32.9 Å². The molecule has 1 aromatic carbocycles. The lowest BCUT2D eigenvalue weighted by Crippen LogP contribution is -1.90. The summed E-state index contributed by atoms with van der Waals surface area (Å²) in [6.07, 6.45) is 4.64. The molecule has 1 N–H and O–H groups in total. The van der Waals surface area contributed by atoms with Gasteiger partial charge in [-0.15, -0.1) is 0 Å². The third-order valence-corrected chi connectivity index (χ3v) is 3.09. The van der Waals surface area contributed by atoms with Gasteiger partial charge in [0.25, 0.3) is 0 Å². The van der Waals surface area contributed by atoms with E-state index in [-0.39, 0.29) is 0 Å². The lowest BCUT2D eigenvalue weighted by molar-refractivity contribution is -0.114. The van der Waals surface area contributed by atoms with Gasteiger partial charge in [0.05, 0.1) is 0 Å². The van der Waals surface area contributed by atoms with E-state index in [9.17, 15) is 4.79 Å². The van der Waals surface area contributed by atoms with E-state index in [1.165, 1.54) is 5.39 Å². The van der Waals surface area contributed by atoms with Gasteiger partial charge < -0.3 is 4.98 Å². The summed E-state index contributed by atoms with van der Waals surface area (Å²) >= 11 is 0. The van der Waals surface area contributed by atoms with Crippen molar-refractivity contribution in [1.82, 2.24) is 4.98 Å². The minimum absolute atomic E-state index is 0.304. The number of carbonyl (C=O) groups is 1. The molecule has 0 aliphatic heterocycles. The van der Waals surface area contributed by atoms with Crippen LogP contribution in [0.2, 0.25) is 0 Å². The van der Waals surface area contributed by atoms with E-state index in [2.05, 4.69) is 17.1 Å². The molecule has 0 unspecified atom stereocenters. The van der Waals surface area contributed by atoms with Gasteiger partial charge in [0, 0.05) is 17.6 Å². The number of H-pyrrole nitrogens is 1. The van der Waals surface area contributed by atoms with Crippen molar-refractivity contribution < 1.29 is 4.79 Å². The maximum absolute atomic E-state index is 11.5. The SMILES string of the molecule is O=C1CCC/C1=C\c1cc2ccccc2[nH]1. The molecule has 1 heterocycles. The summed E-state index contributed by atoms with van der Waals surface area (Å²) in [6, 6.07) is 10.2. The second kappa shape index (κ2) is 3.63. The zero-order chi connectivity index (χ0) is 11.0. The summed E-state index contributed by atoms with van der Waals surface area (Å²) in [7, 11) is 0. The van der Waals surface area contributed by atoms with Gasteiger partial charge >= 0.3 is 0 Å². The number of hydrogen-bond donors (Lipinski definition) is 1. The first-order chi connectivity index (χ1) is 7.83. The molecule has 0 spiro atoms. The van der Waals surface area contributed by atoms with Gasteiger partial charge in [0.1, 0.15) is 0 Å². The van der Waals surface area contributed by atoms with Crippen LogP contribution in [-0.2, 0) is 4.79 Å². The second-order valence-corrected chi connectivity index (χ2v) is 4.26. The number of fused-ring (bicyclic) bond motifs is 1. The van der Waals surface area contributed by atoms with Crippen LogP contribution >= 0.6 is 0 Å². The fraction of sp³-hybridized carbons (Fsp3) is 0.214. The molecule has 2 heteroatoms. The fourth-order valence-electron chi connectivity index (χ4n) is 2.25. The molecule has 16 heavy (non-hydrogen) atoms. The van der Waals surface area contributed by atoms with Gasteiger partial charge in [0.2, 0.25) is 0 Å². The maximum Gasteiger partial charge on any atom is 0.158 e. The monoisotopic (exact) mass is 211 g/mol. The molecular formula is C14H13NO. The van der Waals surface area contributed by atoms with Crippen molar-refractivity contribution in [2.45, 2.75) is 19.3 Å². The van der Waals surface area contributed by atoms with Gasteiger partial charge in [-0.05, 0) is 42.0 Å². The number of hydrogen-bond acceptors (Lipinski definition) is 1. The quantitative estimate of drug-likeness (QED) is 0.721. The molecule has 0 bridgehead atoms. The van der Waals surface area contributed by atoms with Gasteiger partial charge in [0.15, 0.2) is 5.78 Å². The minimum atomic E-state index is 0.304. The fourth-order valence-corrected chi connectivity index (χ4v) is 2.25. The van der Waals surface area contributed by atoms with Crippen molar-refractivity contribution in [2.75, 3.05) is 0 Å². The first-order valence-corrected chi connectivity index (χ1v) is 5.64. The Balaban J connectivity index is 2.03. The number of carbonyl (C=O) groups excluding carboxylic acids is 1. The van der Waals surface area contributed by atoms with Crippen LogP contribution in [0.5, 0.6) is 0 Å². The highest BCUT2D eigenvalue weighted by atomic mass is 16.1. The number of benzene rings is 1. The molecule has 0 saturated heterocycles. The summed E-state index contributed by atoms with van der Waals surface area (Å²) < 4.78 is 0. The van der Waals surface area contributed by atoms with Gasteiger partial charge in [-0.2, -0.15) is 0 Å². The average Bonchev–Trinajstić information content (AvgIpc) is 2.85. The standard InChI is InChI=1S/C14H13NO/c16-14-7-3-5-11(14)9-12-8-10-4-1-2-6-13(10)15-12/h1-2,4,6,8-9,15H,3,5,7H2/b11-9+. The van der Waals surface area contributed by atoms with E-state index in [1.54, 1.807) is 0 Å². The molecule has 1 aliphatic carbocycles. The molecule has 1 aliphatic rings. The van der Waals surface area contributed by atoms with Crippen LogP contribution in [0.15, 0.2) is 35.9 Å². The molecule has 80 valence electrons. The van der Waals surface area contributed by atoms with Crippen LogP contribution in [0.1, 0.15) is 25.0 Å². The minimum Gasteiger partial charge on any atom is -0.355 e. The van der Waals surface area contributed by atoms with Gasteiger partial charge in [-0.3, -0.25) is 4.79 Å². The van der Waals surface area contributed by atoms with Crippen LogP contribution in [0.3, 0.4) is 0 Å². The number of rotatable bonds is 1. The summed E-state index contributed by atoms with van der Waals surface area (Å²) in [5.74, 6) is 0.304. The van der Waals surface area contributed by atoms with Crippen molar-refractivity contribution >= 4 is 22.8 Å². The summed E-state index contributed by atoms with van der Waals surface area (Å²) in [4.78, 5) is 14.8. The molecular weight excluding hydrogens is 198 g/mol. The Kier molecular flexibility index (Phi) is 2.13.